The largest absolute Gasteiger partial charge is 0.387 e. The molecule has 0 aromatic carbocycles. The number of amides is 4. The van der Waals surface area contributed by atoms with Gasteiger partial charge in [-0.15, -0.1) is 0 Å². The van der Waals surface area contributed by atoms with Gasteiger partial charge in [-0.25, -0.2) is 4.79 Å². The van der Waals surface area contributed by atoms with Gasteiger partial charge in [0.25, 0.3) is 0 Å². The predicted octanol–water partition coefficient (Wildman–Crippen LogP) is -1.25. The minimum atomic E-state index is -1.18. The van der Waals surface area contributed by atoms with Crippen LogP contribution in [0.4, 0.5) is 4.79 Å². The summed E-state index contributed by atoms with van der Waals surface area (Å²) >= 11 is 1.81. The van der Waals surface area contributed by atoms with Crippen molar-refractivity contribution in [2.24, 2.45) is 0 Å². The summed E-state index contributed by atoms with van der Waals surface area (Å²) in [6.07, 6.45) is -0.919. The second-order valence-corrected chi connectivity index (χ2v) is 9.61. The number of hydrogen-bond acceptors (Lipinski definition) is 9. The van der Waals surface area contributed by atoms with Crippen molar-refractivity contribution in [2.75, 3.05) is 31.8 Å². The van der Waals surface area contributed by atoms with Crippen molar-refractivity contribution in [2.45, 2.75) is 74.7 Å². The normalized spacial score (nSPS) is 32.8. The van der Waals surface area contributed by atoms with Crippen LogP contribution in [-0.4, -0.2) is 96.1 Å². The summed E-state index contributed by atoms with van der Waals surface area (Å²) < 4.78 is 15.7. The maximum atomic E-state index is 12.0. The second kappa shape index (κ2) is 12.2. The van der Waals surface area contributed by atoms with E-state index in [1.165, 1.54) is 7.11 Å². The minimum absolute atomic E-state index is 0.113. The number of thioether (sulfide) groups is 1. The fraction of sp³-hybridized carbons (Fsp3) is 0.850. The first-order valence-corrected chi connectivity index (χ1v) is 12.4. The lowest BCUT2D eigenvalue weighted by Gasteiger charge is -2.27. The Balaban J connectivity index is 1.21. The molecule has 3 saturated heterocycles. The second-order valence-electron chi connectivity index (χ2n) is 8.58. The summed E-state index contributed by atoms with van der Waals surface area (Å²) in [6, 6.07) is 0.0263. The van der Waals surface area contributed by atoms with Crippen molar-refractivity contribution in [3.63, 3.8) is 0 Å². The predicted molar refractivity (Wildman–Crippen MR) is 118 cm³/mol. The SMILES string of the molecule is COCC1OC(OCCCC(=O)NNC(=O)CCCCC23CSC[C@H]2NC(=O)N3)C(O)C1O. The van der Waals surface area contributed by atoms with Crippen LogP contribution in [0.2, 0.25) is 0 Å². The van der Waals surface area contributed by atoms with Crippen LogP contribution in [0, 0.1) is 0 Å². The number of carbonyl (C=O) groups is 3. The van der Waals surface area contributed by atoms with Crippen molar-refractivity contribution in [1.82, 2.24) is 21.5 Å². The zero-order valence-corrected chi connectivity index (χ0v) is 19.5. The van der Waals surface area contributed by atoms with Crippen LogP contribution in [0.15, 0.2) is 0 Å². The van der Waals surface area contributed by atoms with Crippen molar-refractivity contribution < 1.29 is 38.8 Å². The molecule has 188 valence electrons. The third-order valence-corrected chi connectivity index (χ3v) is 7.37. The highest BCUT2D eigenvalue weighted by Gasteiger charge is 2.49. The third kappa shape index (κ3) is 6.93. The summed E-state index contributed by atoms with van der Waals surface area (Å²) in [5, 5.41) is 25.7. The average molecular weight is 491 g/mol. The van der Waals surface area contributed by atoms with Crippen molar-refractivity contribution in [1.29, 1.82) is 0 Å². The molecule has 3 rings (SSSR count). The molecule has 4 amide bonds. The number of aliphatic hydroxyl groups excluding tert-OH is 2. The quantitative estimate of drug-likeness (QED) is 0.111. The van der Waals surface area contributed by atoms with Gasteiger partial charge in [-0.2, -0.15) is 11.8 Å². The Bertz CT molecular complexity index is 701. The third-order valence-electron chi connectivity index (χ3n) is 6.08. The van der Waals surface area contributed by atoms with Gasteiger partial charge in [-0.3, -0.25) is 20.4 Å². The molecule has 0 spiro atoms. The van der Waals surface area contributed by atoms with E-state index in [2.05, 4.69) is 21.5 Å². The number of hydrogen-bond donors (Lipinski definition) is 6. The molecule has 6 atom stereocenters. The first kappa shape index (κ1) is 26.0. The smallest absolute Gasteiger partial charge is 0.315 e. The van der Waals surface area contributed by atoms with Crippen LogP contribution >= 0.6 is 11.8 Å². The van der Waals surface area contributed by atoms with Gasteiger partial charge >= 0.3 is 6.03 Å². The summed E-state index contributed by atoms with van der Waals surface area (Å²) in [6.45, 7) is 0.274. The molecule has 3 heterocycles. The molecule has 0 aliphatic carbocycles. The van der Waals surface area contributed by atoms with E-state index >= 15 is 0 Å². The Hall–Kier alpha value is -1.64. The van der Waals surface area contributed by atoms with Gasteiger partial charge in [0.05, 0.1) is 24.8 Å². The highest BCUT2D eigenvalue weighted by atomic mass is 32.2. The zero-order valence-electron chi connectivity index (χ0n) is 18.7. The number of nitrogens with one attached hydrogen (secondary N) is 4. The van der Waals surface area contributed by atoms with Crippen LogP contribution in [0.3, 0.4) is 0 Å². The van der Waals surface area contributed by atoms with E-state index in [1.807, 2.05) is 11.8 Å². The van der Waals surface area contributed by atoms with E-state index in [1.54, 1.807) is 0 Å². The highest BCUT2D eigenvalue weighted by molar-refractivity contribution is 7.99. The lowest BCUT2D eigenvalue weighted by atomic mass is 9.89. The molecule has 0 aromatic rings. The molecule has 0 aromatic heterocycles. The molecule has 3 aliphatic heterocycles. The van der Waals surface area contributed by atoms with E-state index in [-0.39, 0.29) is 55.5 Å². The molecule has 33 heavy (non-hydrogen) atoms. The number of ether oxygens (including phenoxy) is 3. The number of hydrazine groups is 1. The van der Waals surface area contributed by atoms with E-state index < -0.39 is 24.6 Å². The molecule has 0 bridgehead atoms. The summed E-state index contributed by atoms with van der Waals surface area (Å²) in [4.78, 5) is 35.5. The molecule has 0 saturated carbocycles. The van der Waals surface area contributed by atoms with E-state index in [4.69, 9.17) is 14.2 Å². The standard InChI is InChI=1S/C20H34N4O8S/c1-30-9-12-16(27)17(28)18(32-12)31-8-4-6-15(26)24-23-14(25)5-2-3-7-20-11-33-10-13(20)21-19(29)22-20/h12-13,16-18,27-28H,2-11H2,1H3,(H,23,25)(H,24,26)(H2,21,22,29)/t12?,13-,16?,17?,18?,20?/m1/s1. The van der Waals surface area contributed by atoms with Crippen LogP contribution in [0.5, 0.6) is 0 Å². The summed E-state index contributed by atoms with van der Waals surface area (Å²) in [7, 11) is 1.46. The molecular formula is C20H34N4O8S. The monoisotopic (exact) mass is 490 g/mol. The fourth-order valence-electron chi connectivity index (χ4n) is 4.23. The molecule has 5 unspecified atom stereocenters. The van der Waals surface area contributed by atoms with Crippen molar-refractivity contribution in [3.8, 4) is 0 Å². The number of aliphatic hydroxyl groups is 2. The first-order valence-electron chi connectivity index (χ1n) is 11.2. The number of unbranched alkanes of at least 4 members (excludes halogenated alkanes) is 1. The maximum absolute atomic E-state index is 12.0. The lowest BCUT2D eigenvalue weighted by molar-refractivity contribution is -0.171. The van der Waals surface area contributed by atoms with E-state index in [9.17, 15) is 24.6 Å². The van der Waals surface area contributed by atoms with Crippen LogP contribution in [0.1, 0.15) is 38.5 Å². The van der Waals surface area contributed by atoms with Gasteiger partial charge in [0.2, 0.25) is 11.8 Å². The minimum Gasteiger partial charge on any atom is -0.387 e. The average Bonchev–Trinajstić information content (AvgIpc) is 3.39. The Labute approximate surface area is 196 Å². The molecular weight excluding hydrogens is 456 g/mol. The first-order chi connectivity index (χ1) is 15.8. The lowest BCUT2D eigenvalue weighted by Crippen LogP contribution is -2.48. The Morgan fingerprint density at radius 2 is 1.91 bits per heavy atom. The summed E-state index contributed by atoms with van der Waals surface area (Å²) in [5.41, 5.74) is 4.56. The van der Waals surface area contributed by atoms with Gasteiger partial charge in [0.15, 0.2) is 6.29 Å². The van der Waals surface area contributed by atoms with Gasteiger partial charge in [-0.05, 0) is 19.3 Å². The van der Waals surface area contributed by atoms with Gasteiger partial charge in [0.1, 0.15) is 18.3 Å². The van der Waals surface area contributed by atoms with Gasteiger partial charge in [-0.1, -0.05) is 6.42 Å². The van der Waals surface area contributed by atoms with Crippen LogP contribution in [-0.2, 0) is 23.8 Å². The molecule has 6 N–H and O–H groups in total. The van der Waals surface area contributed by atoms with Crippen molar-refractivity contribution in [3.05, 3.63) is 0 Å². The Kier molecular flexibility index (Phi) is 9.58. The van der Waals surface area contributed by atoms with E-state index in [0.29, 0.717) is 12.8 Å². The van der Waals surface area contributed by atoms with Crippen LogP contribution in [0.25, 0.3) is 0 Å². The number of rotatable bonds is 12. The molecule has 3 fully saturated rings. The number of fused-ring (bicyclic) bond motifs is 1. The van der Waals surface area contributed by atoms with Crippen molar-refractivity contribution >= 4 is 29.6 Å². The number of methoxy groups -OCH3 is 1. The summed E-state index contributed by atoms with van der Waals surface area (Å²) in [5.74, 6) is 1.15. The van der Waals surface area contributed by atoms with Gasteiger partial charge < -0.3 is 35.1 Å². The number of carbonyl (C=O) groups excluding carboxylic acids is 3. The van der Waals surface area contributed by atoms with Crippen LogP contribution < -0.4 is 21.5 Å². The molecule has 13 heteroatoms. The zero-order chi connectivity index (χ0) is 23.8. The Morgan fingerprint density at radius 1 is 1.18 bits per heavy atom. The highest BCUT2D eigenvalue weighted by Crippen LogP contribution is 2.35. The van der Waals surface area contributed by atoms with Gasteiger partial charge in [0, 0.05) is 31.5 Å². The number of urea groups is 1. The van der Waals surface area contributed by atoms with E-state index in [0.717, 1.165) is 24.3 Å². The molecule has 3 aliphatic rings. The molecule has 0 radical (unpaired) electrons. The maximum Gasteiger partial charge on any atom is 0.315 e. The fourth-order valence-corrected chi connectivity index (χ4v) is 5.77. The molecule has 12 nitrogen and oxygen atoms in total. The Morgan fingerprint density at radius 3 is 2.64 bits per heavy atom. The topological polar surface area (TPSA) is 167 Å².